The molecule has 1 atom stereocenters. The minimum atomic E-state index is -0.316. The molecule has 3 aromatic rings. The molecule has 0 fully saturated rings. The molecule has 5 heteroatoms. The van der Waals surface area contributed by atoms with Crippen LogP contribution in [0.15, 0.2) is 42.5 Å². The number of aliphatic hydroxyl groups excluding tert-OH is 1. The first-order valence-electron chi connectivity index (χ1n) is 6.95. The van der Waals surface area contributed by atoms with E-state index >= 15 is 0 Å². The van der Waals surface area contributed by atoms with Gasteiger partial charge in [-0.3, -0.25) is 0 Å². The highest BCUT2D eigenvalue weighted by Gasteiger charge is 2.07. The molecule has 0 saturated heterocycles. The van der Waals surface area contributed by atoms with Crippen molar-refractivity contribution < 1.29 is 5.11 Å². The summed E-state index contributed by atoms with van der Waals surface area (Å²) in [6.45, 7) is 1.97. The highest BCUT2D eigenvalue weighted by molar-refractivity contribution is 6.31. The minimum Gasteiger partial charge on any atom is -0.393 e. The van der Waals surface area contributed by atoms with Crippen molar-refractivity contribution in [3.63, 3.8) is 0 Å². The third-order valence-electron chi connectivity index (χ3n) is 3.43. The smallest absolute Gasteiger partial charge is 0.115 e. The highest BCUT2D eigenvalue weighted by Crippen LogP contribution is 2.18. The summed E-state index contributed by atoms with van der Waals surface area (Å²) in [4.78, 5) is 1.60. The lowest BCUT2D eigenvalue weighted by molar-refractivity contribution is 0.171. The van der Waals surface area contributed by atoms with Gasteiger partial charge in [0, 0.05) is 5.02 Å². The van der Waals surface area contributed by atoms with Gasteiger partial charge in [-0.2, -0.15) is 4.80 Å². The molecule has 1 unspecified atom stereocenters. The van der Waals surface area contributed by atoms with Crippen LogP contribution in [0, 0.1) is 0 Å². The molecular formula is C16H16ClN3O. The van der Waals surface area contributed by atoms with E-state index < -0.39 is 0 Å². The van der Waals surface area contributed by atoms with Gasteiger partial charge in [0.15, 0.2) is 0 Å². The van der Waals surface area contributed by atoms with Crippen molar-refractivity contribution in [1.29, 1.82) is 0 Å². The highest BCUT2D eigenvalue weighted by atomic mass is 35.5. The van der Waals surface area contributed by atoms with Crippen molar-refractivity contribution in [3.8, 4) is 5.69 Å². The van der Waals surface area contributed by atoms with Crippen molar-refractivity contribution in [3.05, 3.63) is 53.1 Å². The predicted octanol–water partition coefficient (Wildman–Crippen LogP) is 3.39. The second-order valence-corrected chi connectivity index (χ2v) is 5.50. The van der Waals surface area contributed by atoms with Gasteiger partial charge in [0.05, 0.1) is 11.8 Å². The zero-order valence-electron chi connectivity index (χ0n) is 11.7. The number of halogens is 1. The van der Waals surface area contributed by atoms with Gasteiger partial charge in [0.25, 0.3) is 0 Å². The summed E-state index contributed by atoms with van der Waals surface area (Å²) in [7, 11) is 0. The maximum atomic E-state index is 9.76. The van der Waals surface area contributed by atoms with Gasteiger partial charge in [-0.15, -0.1) is 10.2 Å². The maximum Gasteiger partial charge on any atom is 0.115 e. The molecule has 108 valence electrons. The quantitative estimate of drug-likeness (QED) is 0.803. The molecule has 3 rings (SSSR count). The van der Waals surface area contributed by atoms with E-state index in [9.17, 15) is 5.11 Å². The summed E-state index contributed by atoms with van der Waals surface area (Å²) in [5.74, 6) is 0. The Bertz CT molecular complexity index is 769. The Morgan fingerprint density at radius 1 is 1.14 bits per heavy atom. The van der Waals surface area contributed by atoms with Gasteiger partial charge in [-0.1, -0.05) is 30.7 Å². The van der Waals surface area contributed by atoms with Crippen LogP contribution in [0.25, 0.3) is 16.7 Å². The fourth-order valence-electron chi connectivity index (χ4n) is 2.23. The molecule has 21 heavy (non-hydrogen) atoms. The normalized spacial score (nSPS) is 12.7. The first-order chi connectivity index (χ1) is 10.2. The Balaban J connectivity index is 1.96. The van der Waals surface area contributed by atoms with E-state index in [0.29, 0.717) is 11.4 Å². The van der Waals surface area contributed by atoms with E-state index in [1.807, 2.05) is 37.3 Å². The van der Waals surface area contributed by atoms with Gasteiger partial charge in [0.1, 0.15) is 11.0 Å². The lowest BCUT2D eigenvalue weighted by atomic mass is 10.1. The molecule has 0 radical (unpaired) electrons. The lowest BCUT2D eigenvalue weighted by Gasteiger charge is -2.08. The van der Waals surface area contributed by atoms with Crippen LogP contribution in [0.5, 0.6) is 0 Å². The van der Waals surface area contributed by atoms with Crippen LogP contribution in [0.2, 0.25) is 5.02 Å². The number of fused-ring (bicyclic) bond motifs is 1. The van der Waals surface area contributed by atoms with Crippen LogP contribution in [-0.4, -0.2) is 26.2 Å². The number of aliphatic hydroxyl groups is 1. The summed E-state index contributed by atoms with van der Waals surface area (Å²) in [5.41, 5.74) is 3.52. The van der Waals surface area contributed by atoms with Gasteiger partial charge in [0.2, 0.25) is 0 Å². The maximum absolute atomic E-state index is 9.76. The van der Waals surface area contributed by atoms with E-state index in [1.165, 1.54) is 0 Å². The first kappa shape index (κ1) is 14.0. The van der Waals surface area contributed by atoms with E-state index in [1.54, 1.807) is 16.9 Å². The molecule has 0 aliphatic heterocycles. The van der Waals surface area contributed by atoms with Crippen LogP contribution in [-0.2, 0) is 6.42 Å². The molecule has 0 aliphatic rings. The SMILES string of the molecule is CCC(O)Cc1cccc(-n2nc3ccc(Cl)cc3n2)c1. The average molecular weight is 302 g/mol. The van der Waals surface area contributed by atoms with E-state index in [2.05, 4.69) is 10.2 Å². The molecule has 0 saturated carbocycles. The molecular weight excluding hydrogens is 286 g/mol. The molecule has 0 aliphatic carbocycles. The zero-order valence-corrected chi connectivity index (χ0v) is 12.5. The standard InChI is InChI=1S/C16H16ClN3O/c1-2-14(21)9-11-4-3-5-13(8-11)20-18-15-7-6-12(17)10-16(15)19-20/h3-8,10,14,21H,2,9H2,1H3. The van der Waals surface area contributed by atoms with Gasteiger partial charge < -0.3 is 5.11 Å². The lowest BCUT2D eigenvalue weighted by Crippen LogP contribution is -2.09. The van der Waals surface area contributed by atoms with Crippen LogP contribution in [0.1, 0.15) is 18.9 Å². The number of aromatic nitrogens is 3. The van der Waals surface area contributed by atoms with E-state index in [0.717, 1.165) is 28.7 Å². The largest absolute Gasteiger partial charge is 0.393 e. The summed E-state index contributed by atoms with van der Waals surface area (Å²) in [6, 6.07) is 13.4. The minimum absolute atomic E-state index is 0.316. The van der Waals surface area contributed by atoms with Gasteiger partial charge >= 0.3 is 0 Å². The first-order valence-corrected chi connectivity index (χ1v) is 7.33. The van der Waals surface area contributed by atoms with Crippen LogP contribution in [0.4, 0.5) is 0 Å². The second kappa shape index (κ2) is 5.84. The third-order valence-corrected chi connectivity index (χ3v) is 3.66. The third kappa shape index (κ3) is 3.06. The number of hydrogen-bond donors (Lipinski definition) is 1. The Morgan fingerprint density at radius 2 is 1.95 bits per heavy atom. The molecule has 1 aromatic heterocycles. The topological polar surface area (TPSA) is 50.9 Å². The fourth-order valence-corrected chi connectivity index (χ4v) is 2.39. The van der Waals surface area contributed by atoms with Crippen LogP contribution in [0.3, 0.4) is 0 Å². The molecule has 0 bridgehead atoms. The van der Waals surface area contributed by atoms with Crippen molar-refractivity contribution in [2.45, 2.75) is 25.9 Å². The molecule has 0 amide bonds. The van der Waals surface area contributed by atoms with Gasteiger partial charge in [-0.05, 0) is 48.7 Å². The summed E-state index contributed by atoms with van der Waals surface area (Å²) < 4.78 is 0. The predicted molar refractivity (Wildman–Crippen MR) is 83.9 cm³/mol. The summed E-state index contributed by atoms with van der Waals surface area (Å²) in [5, 5.41) is 19.3. The van der Waals surface area contributed by atoms with Crippen LogP contribution < -0.4 is 0 Å². The molecule has 1 heterocycles. The molecule has 2 aromatic carbocycles. The number of rotatable bonds is 4. The monoisotopic (exact) mass is 301 g/mol. The Hall–Kier alpha value is -1.91. The Labute approximate surface area is 128 Å². The number of hydrogen-bond acceptors (Lipinski definition) is 3. The fraction of sp³-hybridized carbons (Fsp3) is 0.250. The second-order valence-electron chi connectivity index (χ2n) is 5.06. The summed E-state index contributed by atoms with van der Waals surface area (Å²) in [6.07, 6.45) is 1.06. The van der Waals surface area contributed by atoms with Crippen LogP contribution >= 0.6 is 11.6 Å². The Kier molecular flexibility index (Phi) is 3.90. The summed E-state index contributed by atoms with van der Waals surface area (Å²) >= 11 is 5.97. The molecule has 4 nitrogen and oxygen atoms in total. The van der Waals surface area contributed by atoms with Crippen molar-refractivity contribution in [2.24, 2.45) is 0 Å². The van der Waals surface area contributed by atoms with Crippen molar-refractivity contribution in [1.82, 2.24) is 15.0 Å². The van der Waals surface area contributed by atoms with Gasteiger partial charge in [-0.25, -0.2) is 0 Å². The Morgan fingerprint density at radius 3 is 2.76 bits per heavy atom. The number of benzene rings is 2. The van der Waals surface area contributed by atoms with Crippen molar-refractivity contribution >= 4 is 22.6 Å². The molecule has 0 spiro atoms. The van der Waals surface area contributed by atoms with E-state index in [-0.39, 0.29) is 6.10 Å². The molecule has 1 N–H and O–H groups in total. The van der Waals surface area contributed by atoms with Crippen molar-refractivity contribution in [2.75, 3.05) is 0 Å². The van der Waals surface area contributed by atoms with E-state index in [4.69, 9.17) is 11.6 Å². The average Bonchev–Trinajstić information content (AvgIpc) is 2.90. The number of nitrogens with zero attached hydrogens (tertiary/aromatic N) is 3. The zero-order chi connectivity index (χ0) is 14.8.